The fraction of sp³-hybridized carbons (Fsp3) is 0.462. The average molecular weight is 442 g/mol. The number of halogens is 1. The summed E-state index contributed by atoms with van der Waals surface area (Å²) < 4.78 is 5.99. The minimum absolute atomic E-state index is 0.748. The van der Waals surface area contributed by atoms with Crippen LogP contribution in [0.2, 0.25) is 5.02 Å². The van der Waals surface area contributed by atoms with Gasteiger partial charge in [-0.1, -0.05) is 44.2 Å². The number of benzene rings is 2. The molecule has 1 heterocycles. The number of fused-ring (bicyclic) bond motifs is 1. The van der Waals surface area contributed by atoms with Gasteiger partial charge in [0.2, 0.25) is 0 Å². The van der Waals surface area contributed by atoms with Crippen molar-refractivity contribution in [3.05, 3.63) is 64.8 Å². The van der Waals surface area contributed by atoms with Gasteiger partial charge in [-0.3, -0.25) is 0 Å². The Hall–Kier alpha value is -2.17. The number of nitrogens with one attached hydrogen (secondary N) is 2. The molecule has 168 valence electrons. The van der Waals surface area contributed by atoms with Crippen molar-refractivity contribution in [2.75, 3.05) is 43.4 Å². The maximum Gasteiger partial charge on any atom is 0.121 e. The second-order valence-electron chi connectivity index (χ2n) is 8.08. The van der Waals surface area contributed by atoms with Crippen LogP contribution in [0.5, 0.6) is 5.75 Å². The third-order valence-corrected chi connectivity index (χ3v) is 6.24. The van der Waals surface area contributed by atoms with Gasteiger partial charge >= 0.3 is 0 Å². The van der Waals surface area contributed by atoms with E-state index in [0.29, 0.717) is 0 Å². The van der Waals surface area contributed by atoms with E-state index in [0.717, 1.165) is 92.7 Å². The largest absolute Gasteiger partial charge is 0.494 e. The Balaban J connectivity index is 1.34. The Bertz CT molecular complexity index is 868. The Morgan fingerprint density at radius 2 is 2.00 bits per heavy atom. The summed E-state index contributed by atoms with van der Waals surface area (Å²) in [4.78, 5) is 2.48. The van der Waals surface area contributed by atoms with E-state index in [1.807, 2.05) is 12.1 Å². The molecule has 0 atom stereocenters. The van der Waals surface area contributed by atoms with Gasteiger partial charge in [0.05, 0.1) is 6.61 Å². The summed E-state index contributed by atoms with van der Waals surface area (Å²) in [7, 11) is 0. The summed E-state index contributed by atoms with van der Waals surface area (Å²) in [5.74, 6) is 0.936. The lowest BCUT2D eigenvalue weighted by Crippen LogP contribution is -2.30. The van der Waals surface area contributed by atoms with Gasteiger partial charge in [0.15, 0.2) is 0 Å². The highest BCUT2D eigenvalue weighted by Crippen LogP contribution is 2.29. The molecule has 0 saturated heterocycles. The molecule has 31 heavy (non-hydrogen) atoms. The van der Waals surface area contributed by atoms with Crippen LogP contribution in [0.25, 0.3) is 0 Å². The molecule has 3 rings (SSSR count). The lowest BCUT2D eigenvalue weighted by molar-refractivity contribution is 0.264. The number of likely N-dealkylation sites (N-methyl/N-ethyl adjacent to an activating group) is 1. The van der Waals surface area contributed by atoms with E-state index in [1.165, 1.54) is 11.1 Å². The van der Waals surface area contributed by atoms with E-state index >= 15 is 0 Å². The van der Waals surface area contributed by atoms with Crippen molar-refractivity contribution in [3.8, 4) is 5.75 Å². The quantitative estimate of drug-likeness (QED) is 0.375. The van der Waals surface area contributed by atoms with Crippen molar-refractivity contribution in [1.82, 2.24) is 4.90 Å². The number of unbranched alkanes of at least 4 members (excludes halogenated alkanes) is 1. The second kappa shape index (κ2) is 12.0. The van der Waals surface area contributed by atoms with Crippen molar-refractivity contribution in [2.24, 2.45) is 0 Å². The number of hydrogen-bond acceptors (Lipinski definition) is 4. The number of ether oxygens (including phenoxy) is 1. The number of aryl methyl sites for hydroxylation is 1. The molecule has 0 aromatic heterocycles. The second-order valence-corrected chi connectivity index (χ2v) is 8.49. The standard InChI is InChI=1S/C26H36ClN3O/c1-4-23-24(27)9-8-10-25(23)28-15-17-30(5-2)16-6-7-18-31-22-14-13-21-12-11-20(3)29-26(21)19-22/h8-10,13-14,19,28-29H,3-7,11-12,15-18H2,1-2H3. The van der Waals surface area contributed by atoms with Gasteiger partial charge in [-0.05, 0) is 74.5 Å². The molecule has 4 nitrogen and oxygen atoms in total. The van der Waals surface area contributed by atoms with Crippen molar-refractivity contribution >= 4 is 23.0 Å². The van der Waals surface area contributed by atoms with E-state index in [4.69, 9.17) is 16.3 Å². The summed E-state index contributed by atoms with van der Waals surface area (Å²) in [6, 6.07) is 12.4. The maximum absolute atomic E-state index is 6.31. The molecule has 2 aromatic carbocycles. The predicted molar refractivity (Wildman–Crippen MR) is 134 cm³/mol. The maximum atomic E-state index is 6.31. The van der Waals surface area contributed by atoms with Crippen LogP contribution in [-0.2, 0) is 12.8 Å². The number of rotatable bonds is 12. The van der Waals surface area contributed by atoms with Crippen LogP contribution in [0.3, 0.4) is 0 Å². The summed E-state index contributed by atoms with van der Waals surface area (Å²) in [6.07, 6.45) is 5.19. The summed E-state index contributed by atoms with van der Waals surface area (Å²) in [6.45, 7) is 13.2. The minimum atomic E-state index is 0.748. The van der Waals surface area contributed by atoms with Crippen molar-refractivity contribution < 1.29 is 4.74 Å². The fourth-order valence-electron chi connectivity index (χ4n) is 4.01. The van der Waals surface area contributed by atoms with Gasteiger partial charge in [0, 0.05) is 41.3 Å². The Morgan fingerprint density at radius 3 is 2.81 bits per heavy atom. The van der Waals surface area contributed by atoms with Crippen molar-refractivity contribution in [3.63, 3.8) is 0 Å². The third kappa shape index (κ3) is 6.91. The normalized spacial score (nSPS) is 13.1. The molecular formula is C26H36ClN3O. The molecule has 0 radical (unpaired) electrons. The molecule has 0 saturated carbocycles. The lowest BCUT2D eigenvalue weighted by atomic mass is 10.0. The Kier molecular flexibility index (Phi) is 9.11. The van der Waals surface area contributed by atoms with Crippen molar-refractivity contribution in [1.29, 1.82) is 0 Å². The molecule has 2 aromatic rings. The topological polar surface area (TPSA) is 36.5 Å². The molecule has 1 aliphatic heterocycles. The molecule has 0 amide bonds. The SMILES string of the molecule is C=C1CCc2ccc(OCCCCN(CC)CCNc3cccc(Cl)c3CC)cc2N1. The van der Waals surface area contributed by atoms with E-state index in [9.17, 15) is 0 Å². The Morgan fingerprint density at radius 1 is 1.13 bits per heavy atom. The Labute approximate surface area is 192 Å². The zero-order valence-electron chi connectivity index (χ0n) is 19.0. The smallest absolute Gasteiger partial charge is 0.121 e. The van der Waals surface area contributed by atoms with E-state index in [1.54, 1.807) is 0 Å². The number of nitrogens with zero attached hydrogens (tertiary/aromatic N) is 1. The molecule has 0 aliphatic carbocycles. The van der Waals surface area contributed by atoms with Crippen LogP contribution in [0.4, 0.5) is 11.4 Å². The average Bonchev–Trinajstić information content (AvgIpc) is 2.77. The summed E-state index contributed by atoms with van der Waals surface area (Å²) >= 11 is 6.31. The summed E-state index contributed by atoms with van der Waals surface area (Å²) in [5.41, 5.74) is 5.92. The highest BCUT2D eigenvalue weighted by atomic mass is 35.5. The number of hydrogen-bond donors (Lipinski definition) is 2. The van der Waals surface area contributed by atoms with Crippen LogP contribution >= 0.6 is 11.6 Å². The van der Waals surface area contributed by atoms with Gasteiger partial charge in [-0.15, -0.1) is 0 Å². The van der Waals surface area contributed by atoms with Crippen LogP contribution in [0, 0.1) is 0 Å². The first-order chi connectivity index (χ1) is 15.1. The third-order valence-electron chi connectivity index (χ3n) is 5.89. The first-order valence-corrected chi connectivity index (χ1v) is 11.9. The van der Waals surface area contributed by atoms with Crippen molar-refractivity contribution in [2.45, 2.75) is 46.0 Å². The number of anilines is 2. The van der Waals surface area contributed by atoms with Gasteiger partial charge in [-0.2, -0.15) is 0 Å². The molecule has 0 spiro atoms. The summed E-state index contributed by atoms with van der Waals surface area (Å²) in [5, 5.41) is 7.78. The molecule has 5 heteroatoms. The van der Waals surface area contributed by atoms with Gasteiger partial charge in [0.1, 0.15) is 5.75 Å². The predicted octanol–water partition coefficient (Wildman–Crippen LogP) is 6.37. The van der Waals surface area contributed by atoms with E-state index in [-0.39, 0.29) is 0 Å². The van der Waals surface area contributed by atoms with Crippen LogP contribution in [0.1, 0.15) is 44.2 Å². The fourth-order valence-corrected chi connectivity index (χ4v) is 4.31. The number of allylic oxidation sites excluding steroid dienone is 1. The van der Waals surface area contributed by atoms with Crippen LogP contribution in [0.15, 0.2) is 48.7 Å². The zero-order valence-corrected chi connectivity index (χ0v) is 19.7. The highest BCUT2D eigenvalue weighted by molar-refractivity contribution is 6.31. The first-order valence-electron chi connectivity index (χ1n) is 11.5. The van der Waals surface area contributed by atoms with Crippen LogP contribution < -0.4 is 15.4 Å². The molecular weight excluding hydrogens is 406 g/mol. The molecule has 0 unspecified atom stereocenters. The zero-order chi connectivity index (χ0) is 22.1. The lowest BCUT2D eigenvalue weighted by Gasteiger charge is -2.22. The molecule has 0 fully saturated rings. The molecule has 2 N–H and O–H groups in total. The minimum Gasteiger partial charge on any atom is -0.494 e. The van der Waals surface area contributed by atoms with E-state index < -0.39 is 0 Å². The van der Waals surface area contributed by atoms with E-state index in [2.05, 4.69) is 60.2 Å². The van der Waals surface area contributed by atoms with Crippen LogP contribution in [-0.4, -0.2) is 37.7 Å². The molecule has 0 bridgehead atoms. The van der Waals surface area contributed by atoms with Gasteiger partial charge in [0.25, 0.3) is 0 Å². The monoisotopic (exact) mass is 441 g/mol. The molecule has 1 aliphatic rings. The first kappa shape index (κ1) is 23.5. The van der Waals surface area contributed by atoms with Gasteiger partial charge in [-0.25, -0.2) is 0 Å². The highest BCUT2D eigenvalue weighted by Gasteiger charge is 2.12. The van der Waals surface area contributed by atoms with Gasteiger partial charge < -0.3 is 20.3 Å².